The largest absolute Gasteiger partial charge is 0.336 e. The van der Waals surface area contributed by atoms with Crippen LogP contribution in [0.4, 0.5) is 0 Å². The van der Waals surface area contributed by atoms with Gasteiger partial charge in [-0.1, -0.05) is 55.0 Å². The second-order valence-electron chi connectivity index (χ2n) is 8.66. The van der Waals surface area contributed by atoms with Gasteiger partial charge in [-0.2, -0.15) is 0 Å². The highest BCUT2D eigenvalue weighted by Gasteiger charge is 2.48. The van der Waals surface area contributed by atoms with Crippen molar-refractivity contribution in [2.45, 2.75) is 50.2 Å². The van der Waals surface area contributed by atoms with Gasteiger partial charge in [-0.3, -0.25) is 9.59 Å². The second-order valence-corrected chi connectivity index (χ2v) is 10.5. The molecule has 2 aliphatic heterocycles. The van der Waals surface area contributed by atoms with Gasteiger partial charge in [0.2, 0.25) is 5.91 Å². The van der Waals surface area contributed by atoms with Gasteiger partial charge in [0.1, 0.15) is 0 Å². The maximum Gasteiger partial charge on any atom is 0.266 e. The van der Waals surface area contributed by atoms with E-state index in [0.29, 0.717) is 19.5 Å². The topological polar surface area (TPSA) is 86.8 Å². The third kappa shape index (κ3) is 4.29. The summed E-state index contributed by atoms with van der Waals surface area (Å²) in [5.74, 6) is -1.24. The fourth-order valence-corrected chi connectivity index (χ4v) is 6.16. The first-order chi connectivity index (χ1) is 15.3. The molecule has 1 N–H and O–H groups in total. The van der Waals surface area contributed by atoms with Crippen molar-refractivity contribution in [2.24, 2.45) is 5.92 Å². The number of likely N-dealkylation sites (tertiary alicyclic amines) is 1. The summed E-state index contributed by atoms with van der Waals surface area (Å²) in [4.78, 5) is 28.3. The predicted octanol–water partition coefficient (Wildman–Crippen LogP) is 2.31. The maximum absolute atomic E-state index is 13.7. The zero-order chi connectivity index (χ0) is 22.9. The molecule has 0 saturated carbocycles. The molecule has 2 aromatic rings. The van der Waals surface area contributed by atoms with Gasteiger partial charge in [0.05, 0.1) is 22.9 Å². The van der Waals surface area contributed by atoms with Crippen molar-refractivity contribution in [2.75, 3.05) is 13.1 Å². The number of carbonyl (C=O) groups is 2. The lowest BCUT2D eigenvalue weighted by Gasteiger charge is -2.32. The molecule has 0 radical (unpaired) electrons. The first-order valence-electron chi connectivity index (χ1n) is 11.0. The van der Waals surface area contributed by atoms with Gasteiger partial charge in [-0.05, 0) is 44.0 Å². The number of carbonyl (C=O) groups excluding carboxylic acids is 2. The molecule has 2 fully saturated rings. The van der Waals surface area contributed by atoms with Gasteiger partial charge >= 0.3 is 0 Å². The molecule has 0 aliphatic carbocycles. The van der Waals surface area contributed by atoms with E-state index in [4.69, 9.17) is 0 Å². The number of aryl methyl sites for hydroxylation is 1. The summed E-state index contributed by atoms with van der Waals surface area (Å²) in [7, 11) is -4.13. The molecule has 2 aliphatic rings. The number of nitrogens with zero attached hydrogens (tertiary/aromatic N) is 2. The molecule has 32 heavy (non-hydrogen) atoms. The molecule has 170 valence electrons. The molecule has 0 bridgehead atoms. The van der Waals surface area contributed by atoms with Crippen LogP contribution in [0.2, 0.25) is 0 Å². The zero-order valence-corrected chi connectivity index (χ0v) is 19.2. The number of amides is 2. The number of sulfonamides is 1. The Morgan fingerprint density at radius 1 is 1.12 bits per heavy atom. The van der Waals surface area contributed by atoms with Gasteiger partial charge < -0.3 is 10.2 Å². The van der Waals surface area contributed by atoms with E-state index in [2.05, 4.69) is 5.32 Å². The first kappa shape index (κ1) is 22.5. The second kappa shape index (κ2) is 9.03. The number of nitrogens with one attached hydrogen (secondary N) is 1. The summed E-state index contributed by atoms with van der Waals surface area (Å²) in [6.07, 6.45) is 1.40. The van der Waals surface area contributed by atoms with Crippen LogP contribution in [0.3, 0.4) is 0 Å². The lowest BCUT2D eigenvalue weighted by Crippen LogP contribution is -2.53. The number of hydrogen-bond donors (Lipinski definition) is 1. The quantitative estimate of drug-likeness (QED) is 0.722. The van der Waals surface area contributed by atoms with Crippen LogP contribution in [-0.4, -0.2) is 54.6 Å². The smallest absolute Gasteiger partial charge is 0.266 e. The van der Waals surface area contributed by atoms with Crippen molar-refractivity contribution >= 4 is 21.8 Å². The molecule has 4 rings (SSSR count). The zero-order valence-electron chi connectivity index (χ0n) is 18.4. The van der Waals surface area contributed by atoms with E-state index in [-0.39, 0.29) is 17.3 Å². The molecule has 2 aromatic carbocycles. The average molecular weight is 456 g/mol. The Morgan fingerprint density at radius 2 is 1.81 bits per heavy atom. The van der Waals surface area contributed by atoms with Gasteiger partial charge in [-0.15, -0.1) is 0 Å². The molecule has 3 atom stereocenters. The highest BCUT2D eigenvalue weighted by molar-refractivity contribution is 7.89. The van der Waals surface area contributed by atoms with Crippen LogP contribution in [0.1, 0.15) is 30.9 Å². The Labute approximate surface area is 189 Å². The van der Waals surface area contributed by atoms with Crippen LogP contribution in [0.15, 0.2) is 59.5 Å². The molecule has 2 saturated heterocycles. The summed E-state index contributed by atoms with van der Waals surface area (Å²) < 4.78 is 28.4. The van der Waals surface area contributed by atoms with E-state index in [1.807, 2.05) is 37.3 Å². The molecule has 2 heterocycles. The first-order valence-corrected chi connectivity index (χ1v) is 12.4. The minimum Gasteiger partial charge on any atom is -0.336 e. The fourth-order valence-electron chi connectivity index (χ4n) is 4.48. The minimum atomic E-state index is -4.13. The Bertz CT molecular complexity index is 1080. The third-order valence-electron chi connectivity index (χ3n) is 6.36. The highest BCUT2D eigenvalue weighted by atomic mass is 32.2. The van der Waals surface area contributed by atoms with E-state index >= 15 is 0 Å². The van der Waals surface area contributed by atoms with E-state index in [9.17, 15) is 18.0 Å². The van der Waals surface area contributed by atoms with E-state index in [1.165, 1.54) is 12.1 Å². The normalized spacial score (nSPS) is 23.5. The number of benzene rings is 2. The van der Waals surface area contributed by atoms with Gasteiger partial charge in [0.25, 0.3) is 15.9 Å². The SMILES string of the molecule is Cc1ccc(S(=O)(=O)N(C(=O)[C@@H]2CCCN2)[C@@H]2CN(Cc3ccccc3)C(=O)[C@@H]2C)cc1. The molecular weight excluding hydrogens is 426 g/mol. The number of rotatable bonds is 6. The van der Waals surface area contributed by atoms with E-state index in [0.717, 1.165) is 21.9 Å². The predicted molar refractivity (Wildman–Crippen MR) is 121 cm³/mol. The molecule has 2 amide bonds. The summed E-state index contributed by atoms with van der Waals surface area (Å²) >= 11 is 0. The van der Waals surface area contributed by atoms with Crippen LogP contribution in [0.25, 0.3) is 0 Å². The molecule has 7 nitrogen and oxygen atoms in total. The van der Waals surface area contributed by atoms with E-state index < -0.39 is 33.9 Å². The Hall–Kier alpha value is -2.71. The van der Waals surface area contributed by atoms with Crippen molar-refractivity contribution in [1.29, 1.82) is 0 Å². The van der Waals surface area contributed by atoms with E-state index in [1.54, 1.807) is 24.0 Å². The number of hydrogen-bond acceptors (Lipinski definition) is 5. The van der Waals surface area contributed by atoms with Crippen LogP contribution < -0.4 is 5.32 Å². The summed E-state index contributed by atoms with van der Waals surface area (Å²) in [5, 5.41) is 3.12. The van der Waals surface area contributed by atoms with Crippen LogP contribution in [0, 0.1) is 12.8 Å². The lowest BCUT2D eigenvalue weighted by molar-refractivity contribution is -0.131. The standard InChI is InChI=1S/C24H29N3O4S/c1-17-10-12-20(13-11-17)32(30,31)27(24(29)21-9-6-14-25-21)22-16-26(23(28)18(22)2)15-19-7-4-3-5-8-19/h3-5,7-8,10-13,18,21-22,25H,6,9,14-16H2,1-2H3/t18-,21+,22-/m1/s1. The molecule has 0 unspecified atom stereocenters. The monoisotopic (exact) mass is 455 g/mol. The van der Waals surface area contributed by atoms with Gasteiger partial charge in [0.15, 0.2) is 0 Å². The summed E-state index contributed by atoms with van der Waals surface area (Å²) in [5.41, 5.74) is 1.89. The molecule has 0 aromatic heterocycles. The van der Waals surface area contributed by atoms with Crippen molar-refractivity contribution < 1.29 is 18.0 Å². The molecular formula is C24H29N3O4S. The molecule has 8 heteroatoms. The summed E-state index contributed by atoms with van der Waals surface area (Å²) in [6.45, 7) is 4.83. The average Bonchev–Trinajstić information content (AvgIpc) is 3.40. The summed E-state index contributed by atoms with van der Waals surface area (Å²) in [6, 6.07) is 14.7. The van der Waals surface area contributed by atoms with Crippen LogP contribution in [-0.2, 0) is 26.2 Å². The van der Waals surface area contributed by atoms with Crippen LogP contribution in [0.5, 0.6) is 0 Å². The minimum absolute atomic E-state index is 0.0654. The Balaban J connectivity index is 1.68. The van der Waals surface area contributed by atoms with Crippen molar-refractivity contribution in [3.63, 3.8) is 0 Å². The maximum atomic E-state index is 13.7. The lowest BCUT2D eigenvalue weighted by atomic mass is 10.1. The van der Waals surface area contributed by atoms with Crippen molar-refractivity contribution in [3.8, 4) is 0 Å². The van der Waals surface area contributed by atoms with Crippen molar-refractivity contribution in [1.82, 2.24) is 14.5 Å². The Morgan fingerprint density at radius 3 is 2.44 bits per heavy atom. The highest BCUT2D eigenvalue weighted by Crippen LogP contribution is 2.31. The Kier molecular flexibility index (Phi) is 6.35. The third-order valence-corrected chi connectivity index (χ3v) is 8.19. The van der Waals surface area contributed by atoms with Crippen LogP contribution >= 0.6 is 0 Å². The van der Waals surface area contributed by atoms with Gasteiger partial charge in [0, 0.05) is 13.1 Å². The molecule has 0 spiro atoms. The van der Waals surface area contributed by atoms with Gasteiger partial charge in [-0.25, -0.2) is 12.7 Å². The van der Waals surface area contributed by atoms with Crippen molar-refractivity contribution in [3.05, 3.63) is 65.7 Å². The fraction of sp³-hybridized carbons (Fsp3) is 0.417.